The molecule has 0 spiro atoms. The molecule has 34 heavy (non-hydrogen) atoms. The van der Waals surface area contributed by atoms with E-state index in [2.05, 4.69) is 21.4 Å². The average Bonchev–Trinajstić information content (AvgIpc) is 2.76. The molecule has 3 rings (SSSR count). The van der Waals surface area contributed by atoms with Crippen LogP contribution in [0.5, 0.6) is 11.5 Å². The van der Waals surface area contributed by atoms with Gasteiger partial charge < -0.3 is 24.4 Å². The number of rotatable bonds is 7. The maximum atomic E-state index is 14.4. The normalized spacial score (nSPS) is 14.4. The number of ether oxygens (including phenoxy) is 3. The molecule has 1 amide bonds. The van der Waals surface area contributed by atoms with Crippen molar-refractivity contribution in [3.05, 3.63) is 30.3 Å². The van der Waals surface area contributed by atoms with E-state index >= 15 is 0 Å². The van der Waals surface area contributed by atoms with Crippen LogP contribution in [0.3, 0.4) is 0 Å². The molecular weight excluding hydrogens is 467 g/mol. The van der Waals surface area contributed by atoms with E-state index < -0.39 is 20.8 Å². The van der Waals surface area contributed by atoms with Gasteiger partial charge in [0.2, 0.25) is 11.7 Å². The lowest BCUT2D eigenvalue weighted by molar-refractivity contribution is 0.0512. The molecule has 2 aromatic heterocycles. The smallest absolute Gasteiger partial charge is 0.410 e. The number of nitrogens with one attached hydrogen (secondary N) is 1. The Bertz CT molecular complexity index is 1190. The molecular formula is C22H25FN4O6S. The summed E-state index contributed by atoms with van der Waals surface area (Å²) in [4.78, 5) is 21.3. The number of sulfone groups is 1. The summed E-state index contributed by atoms with van der Waals surface area (Å²) >= 11 is 0. The lowest BCUT2D eigenvalue weighted by Crippen LogP contribution is -2.42. The maximum absolute atomic E-state index is 14.4. The van der Waals surface area contributed by atoms with Gasteiger partial charge in [0.05, 0.1) is 11.8 Å². The van der Waals surface area contributed by atoms with Crippen molar-refractivity contribution in [2.45, 2.75) is 43.9 Å². The first-order chi connectivity index (χ1) is 16.1. The highest BCUT2D eigenvalue weighted by molar-refractivity contribution is 7.90. The molecule has 0 radical (unpaired) electrons. The summed E-state index contributed by atoms with van der Waals surface area (Å²) in [5, 5.41) is 2.31. The van der Waals surface area contributed by atoms with E-state index in [0.717, 1.165) is 6.26 Å². The van der Waals surface area contributed by atoms with Crippen LogP contribution in [-0.4, -0.2) is 60.9 Å². The molecule has 3 heterocycles. The molecule has 12 heteroatoms. The molecule has 10 nitrogen and oxygen atoms in total. The van der Waals surface area contributed by atoms with Gasteiger partial charge in [0.25, 0.3) is 0 Å². The third-order valence-electron chi connectivity index (χ3n) is 4.82. The third-order valence-corrected chi connectivity index (χ3v) is 5.80. The van der Waals surface area contributed by atoms with Gasteiger partial charge in [-0.25, -0.2) is 23.2 Å². The zero-order valence-corrected chi connectivity index (χ0v) is 19.8. The minimum Gasteiger partial charge on any atom is -0.486 e. The van der Waals surface area contributed by atoms with Crippen molar-refractivity contribution in [2.75, 3.05) is 24.7 Å². The SMILES string of the molecule is C#COc1c(OC2CCN(C(=O)OC(C)C)CC2)ccnc1Nc1ccc(S(C)(=O)=O)nc1F. The molecule has 182 valence electrons. The van der Waals surface area contributed by atoms with Crippen molar-refractivity contribution >= 4 is 27.4 Å². The Hall–Kier alpha value is -3.59. The molecule has 1 fully saturated rings. The second kappa shape index (κ2) is 10.6. The fourth-order valence-electron chi connectivity index (χ4n) is 3.23. The van der Waals surface area contributed by atoms with Gasteiger partial charge in [-0.2, -0.15) is 4.39 Å². The minimum atomic E-state index is -3.67. The molecule has 1 saturated heterocycles. The lowest BCUT2D eigenvalue weighted by Gasteiger charge is -2.32. The number of piperidine rings is 1. The average molecular weight is 493 g/mol. The summed E-state index contributed by atoms with van der Waals surface area (Å²) in [5.41, 5.74) is -0.129. The van der Waals surface area contributed by atoms with E-state index in [-0.39, 0.29) is 41.3 Å². The van der Waals surface area contributed by atoms with Crippen molar-refractivity contribution in [1.82, 2.24) is 14.9 Å². The fourth-order valence-corrected chi connectivity index (χ4v) is 3.79. The van der Waals surface area contributed by atoms with Gasteiger partial charge in [-0.15, -0.1) is 0 Å². The zero-order chi connectivity index (χ0) is 24.9. The monoisotopic (exact) mass is 492 g/mol. The summed E-state index contributed by atoms with van der Waals surface area (Å²) in [7, 11) is -3.67. The summed E-state index contributed by atoms with van der Waals surface area (Å²) in [6.45, 7) is 4.50. The summed E-state index contributed by atoms with van der Waals surface area (Å²) in [5.74, 6) is -0.650. The Kier molecular flexibility index (Phi) is 7.78. The number of carbonyl (C=O) groups is 1. The summed E-state index contributed by atoms with van der Waals surface area (Å²) in [6.07, 6.45) is 10.0. The first-order valence-corrected chi connectivity index (χ1v) is 12.3. The minimum absolute atomic E-state index is 0.0539. The van der Waals surface area contributed by atoms with Crippen LogP contribution in [0.2, 0.25) is 0 Å². The van der Waals surface area contributed by atoms with Gasteiger partial charge in [-0.1, -0.05) is 6.42 Å². The number of terminal acetylenes is 1. The molecule has 0 aliphatic carbocycles. The standard InChI is InChI=1S/C22H25FN4O6S/c1-5-31-19-17(33-15-9-12-27(13-10-15)22(28)32-14(2)3)8-11-24-21(19)25-16-6-7-18(26-20(16)23)34(4,29)30/h1,6-8,11,14-15H,9-10,12-13H2,2-4H3,(H,24,25). The Morgan fingerprint density at radius 2 is 2.00 bits per heavy atom. The van der Waals surface area contributed by atoms with E-state index in [1.165, 1.54) is 18.3 Å². The number of aromatic nitrogens is 2. The second-order valence-corrected chi connectivity index (χ2v) is 9.79. The number of amides is 1. The van der Waals surface area contributed by atoms with E-state index in [4.69, 9.17) is 20.6 Å². The van der Waals surface area contributed by atoms with Crippen molar-refractivity contribution in [1.29, 1.82) is 0 Å². The molecule has 0 saturated carbocycles. The largest absolute Gasteiger partial charge is 0.486 e. The molecule has 1 aliphatic heterocycles. The van der Waals surface area contributed by atoms with Gasteiger partial charge in [-0.3, -0.25) is 0 Å². The van der Waals surface area contributed by atoms with Crippen molar-refractivity contribution < 1.29 is 31.8 Å². The van der Waals surface area contributed by atoms with Crippen molar-refractivity contribution in [2.24, 2.45) is 0 Å². The number of halogens is 1. The lowest BCUT2D eigenvalue weighted by atomic mass is 10.1. The van der Waals surface area contributed by atoms with Crippen LogP contribution in [0.1, 0.15) is 26.7 Å². The number of carbonyl (C=O) groups excluding carboxylic acids is 1. The highest BCUT2D eigenvalue weighted by Gasteiger charge is 2.27. The first-order valence-electron chi connectivity index (χ1n) is 10.5. The predicted octanol–water partition coefficient (Wildman–Crippen LogP) is 3.12. The Morgan fingerprint density at radius 1 is 1.29 bits per heavy atom. The first kappa shape index (κ1) is 25.0. The van der Waals surface area contributed by atoms with Gasteiger partial charge in [0.15, 0.2) is 26.4 Å². The van der Waals surface area contributed by atoms with Gasteiger partial charge >= 0.3 is 6.09 Å². The van der Waals surface area contributed by atoms with E-state index in [1.807, 2.05) is 0 Å². The summed E-state index contributed by atoms with van der Waals surface area (Å²) < 4.78 is 54.1. The van der Waals surface area contributed by atoms with Crippen LogP contribution in [-0.2, 0) is 14.6 Å². The second-order valence-electron chi connectivity index (χ2n) is 7.83. The van der Waals surface area contributed by atoms with Crippen molar-refractivity contribution in [3.63, 3.8) is 0 Å². The van der Waals surface area contributed by atoms with Crippen LogP contribution in [0.4, 0.5) is 20.7 Å². The highest BCUT2D eigenvalue weighted by atomic mass is 32.2. The zero-order valence-electron chi connectivity index (χ0n) is 18.9. The molecule has 2 aromatic rings. The number of anilines is 2. The Morgan fingerprint density at radius 3 is 2.59 bits per heavy atom. The van der Waals surface area contributed by atoms with Crippen LogP contribution >= 0.6 is 0 Å². The fraction of sp³-hybridized carbons (Fsp3) is 0.409. The van der Waals surface area contributed by atoms with E-state index in [9.17, 15) is 17.6 Å². The molecule has 0 bridgehead atoms. The highest BCUT2D eigenvalue weighted by Crippen LogP contribution is 2.37. The van der Waals surface area contributed by atoms with Crippen LogP contribution in [0.15, 0.2) is 29.4 Å². The predicted molar refractivity (Wildman–Crippen MR) is 121 cm³/mol. The van der Waals surface area contributed by atoms with Gasteiger partial charge in [0.1, 0.15) is 12.2 Å². The molecule has 0 unspecified atom stereocenters. The molecule has 1 aliphatic rings. The van der Waals surface area contributed by atoms with Crippen LogP contribution in [0, 0.1) is 18.5 Å². The van der Waals surface area contributed by atoms with Crippen LogP contribution in [0.25, 0.3) is 0 Å². The maximum Gasteiger partial charge on any atom is 0.410 e. The number of hydrogen-bond acceptors (Lipinski definition) is 9. The number of likely N-dealkylation sites (tertiary alicyclic amines) is 1. The summed E-state index contributed by atoms with van der Waals surface area (Å²) in [6, 6.07) is 3.94. The van der Waals surface area contributed by atoms with Gasteiger partial charge in [0, 0.05) is 44.5 Å². The topological polar surface area (TPSA) is 120 Å². The third kappa shape index (κ3) is 6.26. The van der Waals surface area contributed by atoms with E-state index in [1.54, 1.807) is 24.8 Å². The molecule has 0 aromatic carbocycles. The number of nitrogens with zero attached hydrogens (tertiary/aromatic N) is 3. The van der Waals surface area contributed by atoms with Gasteiger partial charge in [-0.05, 0) is 26.0 Å². The molecule has 1 N–H and O–H groups in total. The van der Waals surface area contributed by atoms with Crippen LogP contribution < -0.4 is 14.8 Å². The number of hydrogen-bond donors (Lipinski definition) is 1. The van der Waals surface area contributed by atoms with Crippen molar-refractivity contribution in [3.8, 4) is 24.0 Å². The Labute approximate surface area is 197 Å². The quantitative estimate of drug-likeness (QED) is 0.459. The Balaban J connectivity index is 1.75. The van der Waals surface area contributed by atoms with E-state index in [0.29, 0.717) is 25.9 Å². The number of pyridine rings is 2. The molecule has 0 atom stereocenters.